The van der Waals surface area contributed by atoms with Crippen LogP contribution in [-0.2, 0) is 0 Å². The molecule has 2 aromatic carbocycles. The molecule has 136 valence electrons. The summed E-state index contributed by atoms with van der Waals surface area (Å²) >= 11 is 6.34. The van der Waals surface area contributed by atoms with Crippen molar-refractivity contribution >= 4 is 28.9 Å². The number of hydrogen-bond acceptors (Lipinski definition) is 3. The highest BCUT2D eigenvalue weighted by atomic mass is 35.5. The van der Waals surface area contributed by atoms with Gasteiger partial charge in [0.15, 0.2) is 6.29 Å². The fraction of sp³-hybridized carbons (Fsp3) is 0.222. The molecule has 0 unspecified atom stereocenters. The van der Waals surface area contributed by atoms with Crippen LogP contribution in [0.2, 0.25) is 5.02 Å². The molecule has 0 fully saturated rings. The second-order valence-corrected chi connectivity index (χ2v) is 6.29. The second-order valence-electron chi connectivity index (χ2n) is 5.91. The molecule has 5 nitrogen and oxygen atoms in total. The highest BCUT2D eigenvalue weighted by Gasteiger charge is 2.21. The van der Waals surface area contributed by atoms with Gasteiger partial charge in [-0.2, -0.15) is 8.78 Å². The zero-order valence-electron chi connectivity index (χ0n) is 13.9. The van der Waals surface area contributed by atoms with Crippen LogP contribution in [-0.4, -0.2) is 22.0 Å². The Morgan fingerprint density at radius 3 is 2.54 bits per heavy atom. The van der Waals surface area contributed by atoms with Crippen LogP contribution >= 0.6 is 11.6 Å². The average Bonchev–Trinajstić information content (AvgIpc) is 2.88. The molecule has 0 saturated heterocycles. The van der Waals surface area contributed by atoms with Crippen molar-refractivity contribution in [3.63, 3.8) is 0 Å². The molecule has 0 spiro atoms. The molecule has 3 rings (SSSR count). The van der Waals surface area contributed by atoms with E-state index in [1.165, 1.54) is 33.4 Å². The number of carbonyl (C=O) groups is 1. The number of benzene rings is 2. The quantitative estimate of drug-likeness (QED) is 0.615. The molecule has 0 aliphatic carbocycles. The van der Waals surface area contributed by atoms with Gasteiger partial charge in [0.2, 0.25) is 0 Å². The maximum Gasteiger partial charge on any atom is 0.387 e. The molecule has 0 N–H and O–H groups in total. The van der Waals surface area contributed by atoms with E-state index in [1.807, 2.05) is 13.8 Å². The van der Waals surface area contributed by atoms with E-state index >= 15 is 0 Å². The van der Waals surface area contributed by atoms with Crippen LogP contribution in [0.1, 0.15) is 30.2 Å². The summed E-state index contributed by atoms with van der Waals surface area (Å²) in [6.07, 6.45) is 0.616. The Bertz CT molecular complexity index is 1040. The van der Waals surface area contributed by atoms with Gasteiger partial charge in [-0.25, -0.2) is 4.79 Å². The lowest BCUT2D eigenvalue weighted by Crippen LogP contribution is -2.24. The Hall–Kier alpha value is -2.67. The first-order valence-corrected chi connectivity index (χ1v) is 8.18. The number of aldehydes is 1. The van der Waals surface area contributed by atoms with E-state index in [0.717, 1.165) is 0 Å². The highest BCUT2D eigenvalue weighted by Crippen LogP contribution is 2.30. The van der Waals surface area contributed by atoms with E-state index in [0.29, 0.717) is 23.0 Å². The lowest BCUT2D eigenvalue weighted by molar-refractivity contribution is -0.0498. The predicted molar refractivity (Wildman–Crippen MR) is 94.9 cm³/mol. The summed E-state index contributed by atoms with van der Waals surface area (Å²) in [6.45, 7) is 0.653. The number of carbonyl (C=O) groups excluding carboxylic acids is 1. The fourth-order valence-corrected chi connectivity index (χ4v) is 3.20. The number of hydrogen-bond donors (Lipinski definition) is 0. The molecule has 0 atom stereocenters. The Morgan fingerprint density at radius 2 is 1.92 bits per heavy atom. The van der Waals surface area contributed by atoms with E-state index in [-0.39, 0.29) is 22.4 Å². The third-order valence-corrected chi connectivity index (χ3v) is 4.35. The third kappa shape index (κ3) is 2.99. The SMILES string of the molecule is CC(C)n1c(=O)n(-c2cccc(OC(F)F)c2)c2ccc(C=O)c(Cl)c21. The van der Waals surface area contributed by atoms with Gasteiger partial charge >= 0.3 is 12.3 Å². The summed E-state index contributed by atoms with van der Waals surface area (Å²) in [6, 6.07) is 8.72. The van der Waals surface area contributed by atoms with Gasteiger partial charge in [0.1, 0.15) is 5.75 Å². The van der Waals surface area contributed by atoms with Crippen LogP contribution < -0.4 is 10.4 Å². The van der Waals surface area contributed by atoms with Gasteiger partial charge in [0.05, 0.1) is 21.7 Å². The van der Waals surface area contributed by atoms with Crippen LogP contribution in [0, 0.1) is 0 Å². The number of ether oxygens (including phenoxy) is 1. The lowest BCUT2D eigenvalue weighted by atomic mass is 10.2. The van der Waals surface area contributed by atoms with E-state index in [1.54, 1.807) is 12.1 Å². The first kappa shape index (κ1) is 18.1. The number of fused-ring (bicyclic) bond motifs is 1. The maximum atomic E-state index is 13.0. The van der Waals surface area contributed by atoms with Crippen LogP contribution in [0.15, 0.2) is 41.2 Å². The molecule has 0 bridgehead atoms. The van der Waals surface area contributed by atoms with Gasteiger partial charge in [-0.1, -0.05) is 17.7 Å². The number of imidazole rings is 1. The van der Waals surface area contributed by atoms with Crippen molar-refractivity contribution in [2.45, 2.75) is 26.5 Å². The zero-order valence-corrected chi connectivity index (χ0v) is 14.7. The molecule has 0 saturated carbocycles. The van der Waals surface area contributed by atoms with Crippen molar-refractivity contribution in [2.24, 2.45) is 0 Å². The van der Waals surface area contributed by atoms with Crippen molar-refractivity contribution < 1.29 is 18.3 Å². The number of halogens is 3. The predicted octanol–water partition coefficient (Wildman–Crippen LogP) is 4.44. The molecule has 26 heavy (non-hydrogen) atoms. The minimum atomic E-state index is -2.97. The molecule has 1 aromatic heterocycles. The minimum absolute atomic E-state index is 0.0644. The van der Waals surface area contributed by atoms with Gasteiger partial charge in [-0.05, 0) is 38.1 Å². The molecule has 3 aromatic rings. The third-order valence-electron chi connectivity index (χ3n) is 3.95. The number of alkyl halides is 2. The molecule has 8 heteroatoms. The summed E-state index contributed by atoms with van der Waals surface area (Å²) in [5.41, 5.74) is 1.10. The van der Waals surface area contributed by atoms with Crippen molar-refractivity contribution in [3.05, 3.63) is 57.5 Å². The largest absolute Gasteiger partial charge is 0.435 e. The summed E-state index contributed by atoms with van der Waals surface area (Å²) in [4.78, 5) is 24.2. The molecule has 0 aliphatic rings. The van der Waals surface area contributed by atoms with E-state index in [9.17, 15) is 18.4 Å². The van der Waals surface area contributed by atoms with E-state index in [4.69, 9.17) is 11.6 Å². The van der Waals surface area contributed by atoms with Crippen LogP contribution in [0.4, 0.5) is 8.78 Å². The highest BCUT2D eigenvalue weighted by molar-refractivity contribution is 6.37. The summed E-state index contributed by atoms with van der Waals surface area (Å²) in [5, 5.41) is 0.169. The van der Waals surface area contributed by atoms with Crippen molar-refractivity contribution in [1.82, 2.24) is 9.13 Å². The molecule has 0 radical (unpaired) electrons. The molecule has 1 heterocycles. The standard InChI is InChI=1S/C18H15ClF2N2O3/c1-10(2)22-16-14(7-6-11(9-24)15(16)19)23(18(22)25)12-4-3-5-13(8-12)26-17(20)21/h3-10,17H,1-2H3. The van der Waals surface area contributed by atoms with E-state index in [2.05, 4.69) is 4.74 Å². The lowest BCUT2D eigenvalue weighted by Gasteiger charge is -2.08. The molecule has 0 aliphatic heterocycles. The first-order valence-electron chi connectivity index (χ1n) is 7.81. The second kappa shape index (κ2) is 6.92. The average molecular weight is 381 g/mol. The smallest absolute Gasteiger partial charge is 0.387 e. The minimum Gasteiger partial charge on any atom is -0.435 e. The maximum absolute atomic E-state index is 13.0. The zero-order chi connectivity index (χ0) is 19.0. The van der Waals surface area contributed by atoms with Gasteiger partial charge in [0.25, 0.3) is 0 Å². The van der Waals surface area contributed by atoms with Gasteiger partial charge in [0, 0.05) is 17.7 Å². The van der Waals surface area contributed by atoms with Crippen LogP contribution in [0.5, 0.6) is 5.75 Å². The number of aromatic nitrogens is 2. The van der Waals surface area contributed by atoms with E-state index < -0.39 is 12.3 Å². The number of rotatable bonds is 5. The molecular weight excluding hydrogens is 366 g/mol. The Balaban J connectivity index is 2.34. The van der Waals surface area contributed by atoms with Crippen LogP contribution in [0.25, 0.3) is 16.7 Å². The monoisotopic (exact) mass is 380 g/mol. The van der Waals surface area contributed by atoms with Crippen molar-refractivity contribution in [1.29, 1.82) is 0 Å². The fourth-order valence-electron chi connectivity index (χ4n) is 2.90. The Morgan fingerprint density at radius 1 is 1.19 bits per heavy atom. The van der Waals surface area contributed by atoms with Crippen molar-refractivity contribution in [3.8, 4) is 11.4 Å². The first-order chi connectivity index (χ1) is 12.3. The normalized spacial score (nSPS) is 11.5. The van der Waals surface area contributed by atoms with Crippen LogP contribution in [0.3, 0.4) is 0 Å². The van der Waals surface area contributed by atoms with Gasteiger partial charge in [-0.3, -0.25) is 13.9 Å². The van der Waals surface area contributed by atoms with Crippen molar-refractivity contribution in [2.75, 3.05) is 0 Å². The summed E-state index contributed by atoms with van der Waals surface area (Å²) < 4.78 is 32.2. The molecular formula is C18H15ClF2N2O3. The topological polar surface area (TPSA) is 53.2 Å². The van der Waals surface area contributed by atoms with Gasteiger partial charge in [-0.15, -0.1) is 0 Å². The molecule has 0 amide bonds. The van der Waals surface area contributed by atoms with Gasteiger partial charge < -0.3 is 4.74 Å². The number of nitrogens with zero attached hydrogens (tertiary/aromatic N) is 2. The Kier molecular flexibility index (Phi) is 4.82. The Labute approximate surface area is 152 Å². The summed E-state index contributed by atoms with van der Waals surface area (Å²) in [5.74, 6) is -0.0644. The summed E-state index contributed by atoms with van der Waals surface area (Å²) in [7, 11) is 0.